The van der Waals surface area contributed by atoms with Crippen molar-refractivity contribution in [3.05, 3.63) is 23.8 Å². The predicted molar refractivity (Wildman–Crippen MR) is 39.5 cm³/mol. The van der Waals surface area contributed by atoms with Crippen molar-refractivity contribution in [2.75, 3.05) is 6.54 Å². The number of nitrogens with zero attached hydrogens (tertiary/aromatic N) is 2. The van der Waals surface area contributed by atoms with Crippen LogP contribution in [-0.2, 0) is 6.42 Å². The fraction of sp³-hybridized carbons (Fsp3) is 0.429. The lowest BCUT2D eigenvalue weighted by Gasteiger charge is -1.95. The Hall–Kier alpha value is -0.960. The van der Waals surface area contributed by atoms with Crippen LogP contribution in [0.25, 0.3) is 0 Å². The Morgan fingerprint density at radius 1 is 1.40 bits per heavy atom. The van der Waals surface area contributed by atoms with Gasteiger partial charge >= 0.3 is 0 Å². The van der Waals surface area contributed by atoms with Gasteiger partial charge in [0.2, 0.25) is 0 Å². The van der Waals surface area contributed by atoms with E-state index in [1.54, 1.807) is 12.4 Å². The van der Waals surface area contributed by atoms with Gasteiger partial charge < -0.3 is 5.73 Å². The maximum absolute atomic E-state index is 5.32. The fourth-order valence-electron chi connectivity index (χ4n) is 0.678. The molecule has 0 unspecified atom stereocenters. The zero-order valence-corrected chi connectivity index (χ0v) is 6.04. The van der Waals surface area contributed by atoms with Crippen molar-refractivity contribution in [3.8, 4) is 0 Å². The van der Waals surface area contributed by atoms with Crippen LogP contribution in [0.5, 0.6) is 0 Å². The zero-order chi connectivity index (χ0) is 7.40. The quantitative estimate of drug-likeness (QED) is 0.637. The molecule has 0 bridgehead atoms. The Balaban J connectivity index is 2.69. The fourth-order valence-corrected chi connectivity index (χ4v) is 0.678. The van der Waals surface area contributed by atoms with Crippen molar-refractivity contribution >= 4 is 0 Å². The van der Waals surface area contributed by atoms with E-state index in [-0.39, 0.29) is 0 Å². The van der Waals surface area contributed by atoms with E-state index < -0.39 is 0 Å². The number of nitrogens with two attached hydrogens (primary N) is 1. The molecule has 0 aliphatic carbocycles. The van der Waals surface area contributed by atoms with Gasteiger partial charge in [-0.3, -0.25) is 0 Å². The van der Waals surface area contributed by atoms with Gasteiger partial charge in [0.05, 0.1) is 0 Å². The van der Waals surface area contributed by atoms with E-state index >= 15 is 0 Å². The number of aromatic nitrogens is 2. The first kappa shape index (κ1) is 7.15. The largest absolute Gasteiger partial charge is 0.330 e. The highest BCUT2D eigenvalue weighted by Crippen LogP contribution is 1.92. The Bertz CT molecular complexity index is 193. The molecular weight excluding hydrogens is 126 g/mol. The van der Waals surface area contributed by atoms with Gasteiger partial charge in [-0.2, -0.15) is 0 Å². The minimum atomic E-state index is 0.614. The number of rotatable bonds is 2. The van der Waals surface area contributed by atoms with Crippen LogP contribution in [-0.4, -0.2) is 16.5 Å². The summed E-state index contributed by atoms with van der Waals surface area (Å²) in [5.41, 5.74) is 6.40. The van der Waals surface area contributed by atoms with Gasteiger partial charge in [-0.25, -0.2) is 9.97 Å². The first-order valence-corrected chi connectivity index (χ1v) is 3.30. The lowest BCUT2D eigenvalue weighted by atomic mass is 10.3. The van der Waals surface area contributed by atoms with Crippen molar-refractivity contribution in [1.29, 1.82) is 0 Å². The van der Waals surface area contributed by atoms with Gasteiger partial charge in [-0.15, -0.1) is 0 Å². The minimum Gasteiger partial charge on any atom is -0.330 e. The van der Waals surface area contributed by atoms with Crippen LogP contribution >= 0.6 is 0 Å². The van der Waals surface area contributed by atoms with Gasteiger partial charge in [0.15, 0.2) is 0 Å². The molecule has 0 spiro atoms. The summed E-state index contributed by atoms with van der Waals surface area (Å²) in [5, 5.41) is 0. The van der Waals surface area contributed by atoms with Crippen LogP contribution in [0.3, 0.4) is 0 Å². The second-order valence-electron chi connectivity index (χ2n) is 2.22. The predicted octanol–water partition coefficient (Wildman–Crippen LogP) is 0.286. The van der Waals surface area contributed by atoms with Crippen molar-refractivity contribution in [1.82, 2.24) is 9.97 Å². The van der Waals surface area contributed by atoms with E-state index in [1.807, 2.05) is 6.92 Å². The Morgan fingerprint density at radius 2 is 2.00 bits per heavy atom. The van der Waals surface area contributed by atoms with E-state index in [4.69, 9.17) is 5.73 Å². The minimum absolute atomic E-state index is 0.614. The average molecular weight is 137 g/mol. The SMILES string of the molecule is Cc1cnc(CCN)nc1. The van der Waals surface area contributed by atoms with Crippen LogP contribution in [0, 0.1) is 6.92 Å². The normalized spacial score (nSPS) is 9.80. The van der Waals surface area contributed by atoms with E-state index in [2.05, 4.69) is 9.97 Å². The molecule has 54 valence electrons. The first-order chi connectivity index (χ1) is 4.83. The molecule has 0 saturated heterocycles. The smallest absolute Gasteiger partial charge is 0.129 e. The molecule has 10 heavy (non-hydrogen) atoms. The molecule has 0 saturated carbocycles. The van der Waals surface area contributed by atoms with Crippen molar-refractivity contribution < 1.29 is 0 Å². The second-order valence-corrected chi connectivity index (χ2v) is 2.22. The van der Waals surface area contributed by atoms with E-state index in [1.165, 1.54) is 0 Å². The Labute approximate surface area is 60.3 Å². The molecule has 1 rings (SSSR count). The molecule has 1 aromatic rings. The summed E-state index contributed by atoms with van der Waals surface area (Å²) in [5.74, 6) is 0.827. The summed E-state index contributed by atoms with van der Waals surface area (Å²) in [6, 6.07) is 0. The van der Waals surface area contributed by atoms with Gasteiger partial charge in [-0.05, 0) is 19.0 Å². The topological polar surface area (TPSA) is 51.8 Å². The molecule has 0 atom stereocenters. The van der Waals surface area contributed by atoms with Gasteiger partial charge in [0, 0.05) is 18.8 Å². The third-order valence-electron chi connectivity index (χ3n) is 1.20. The van der Waals surface area contributed by atoms with Crippen molar-refractivity contribution in [3.63, 3.8) is 0 Å². The molecule has 0 radical (unpaired) electrons. The maximum Gasteiger partial charge on any atom is 0.129 e. The molecule has 0 fully saturated rings. The highest BCUT2D eigenvalue weighted by molar-refractivity contribution is 5.01. The van der Waals surface area contributed by atoms with Gasteiger partial charge in [-0.1, -0.05) is 0 Å². The molecule has 1 heterocycles. The van der Waals surface area contributed by atoms with E-state index in [9.17, 15) is 0 Å². The summed E-state index contributed by atoms with van der Waals surface area (Å²) >= 11 is 0. The average Bonchev–Trinajstić information content (AvgIpc) is 1.95. The van der Waals surface area contributed by atoms with Crippen LogP contribution in [0.2, 0.25) is 0 Å². The first-order valence-electron chi connectivity index (χ1n) is 3.30. The van der Waals surface area contributed by atoms with Crippen LogP contribution in [0.15, 0.2) is 12.4 Å². The number of hydrogen-bond acceptors (Lipinski definition) is 3. The third-order valence-corrected chi connectivity index (χ3v) is 1.20. The maximum atomic E-state index is 5.32. The molecular formula is C7H11N3. The standard InChI is InChI=1S/C7H11N3/c1-6-4-9-7(2-3-8)10-5-6/h4-5H,2-3,8H2,1H3. The lowest BCUT2D eigenvalue weighted by Crippen LogP contribution is -2.05. The van der Waals surface area contributed by atoms with Crippen LogP contribution < -0.4 is 5.73 Å². The van der Waals surface area contributed by atoms with Gasteiger partial charge in [0.25, 0.3) is 0 Å². The summed E-state index contributed by atoms with van der Waals surface area (Å²) in [6.07, 6.45) is 4.37. The lowest BCUT2D eigenvalue weighted by molar-refractivity contribution is 0.862. The summed E-state index contributed by atoms with van der Waals surface area (Å²) in [4.78, 5) is 8.15. The van der Waals surface area contributed by atoms with Crippen LogP contribution in [0.1, 0.15) is 11.4 Å². The zero-order valence-electron chi connectivity index (χ0n) is 6.04. The Kier molecular flexibility index (Phi) is 2.34. The van der Waals surface area contributed by atoms with Crippen molar-refractivity contribution in [2.24, 2.45) is 5.73 Å². The van der Waals surface area contributed by atoms with E-state index in [0.29, 0.717) is 6.54 Å². The van der Waals surface area contributed by atoms with Gasteiger partial charge in [0.1, 0.15) is 5.82 Å². The molecule has 3 heteroatoms. The Morgan fingerprint density at radius 3 is 2.50 bits per heavy atom. The third kappa shape index (κ3) is 1.77. The summed E-state index contributed by atoms with van der Waals surface area (Å²) in [7, 11) is 0. The highest BCUT2D eigenvalue weighted by atomic mass is 14.9. The molecule has 2 N–H and O–H groups in total. The second kappa shape index (κ2) is 3.27. The molecule has 0 aliphatic rings. The summed E-state index contributed by atoms with van der Waals surface area (Å²) < 4.78 is 0. The highest BCUT2D eigenvalue weighted by Gasteiger charge is 1.91. The monoisotopic (exact) mass is 137 g/mol. The molecule has 1 aromatic heterocycles. The van der Waals surface area contributed by atoms with Crippen LogP contribution in [0.4, 0.5) is 0 Å². The molecule has 0 aliphatic heterocycles. The van der Waals surface area contributed by atoms with E-state index in [0.717, 1.165) is 17.8 Å². The number of hydrogen-bond donors (Lipinski definition) is 1. The summed E-state index contributed by atoms with van der Waals surface area (Å²) in [6.45, 7) is 2.58. The number of aryl methyl sites for hydroxylation is 1. The van der Waals surface area contributed by atoms with Crippen molar-refractivity contribution in [2.45, 2.75) is 13.3 Å². The molecule has 0 amide bonds. The molecule has 3 nitrogen and oxygen atoms in total. The molecule has 0 aromatic carbocycles.